The molecule has 2 atom stereocenters. The van der Waals surface area contributed by atoms with Crippen LogP contribution in [-0.2, 0) is 11.2 Å². The van der Waals surface area contributed by atoms with Gasteiger partial charge in [-0.1, -0.05) is 6.07 Å². The van der Waals surface area contributed by atoms with Gasteiger partial charge in [0.25, 0.3) is 0 Å². The summed E-state index contributed by atoms with van der Waals surface area (Å²) in [5.74, 6) is 0.0739. The van der Waals surface area contributed by atoms with E-state index in [1.54, 1.807) is 24.4 Å². The summed E-state index contributed by atoms with van der Waals surface area (Å²) < 4.78 is 20.7. The summed E-state index contributed by atoms with van der Waals surface area (Å²) >= 11 is 0. The van der Waals surface area contributed by atoms with Crippen LogP contribution >= 0.6 is 0 Å². The van der Waals surface area contributed by atoms with Gasteiger partial charge in [-0.2, -0.15) is 0 Å². The number of halogens is 1. The Morgan fingerprint density at radius 1 is 1.38 bits per heavy atom. The number of piperidine rings is 1. The topological polar surface area (TPSA) is 87.5 Å². The number of pyridine rings is 1. The van der Waals surface area contributed by atoms with Crippen molar-refractivity contribution in [2.24, 2.45) is 5.73 Å². The third kappa shape index (κ3) is 4.61. The number of benzene rings is 1. The molecule has 170 valence electrons. The minimum absolute atomic E-state index is 0.0839. The monoisotopic (exact) mass is 439 g/mol. The number of rotatable bonds is 6. The highest BCUT2D eigenvalue weighted by atomic mass is 19.1. The number of likely N-dealkylation sites (tertiary alicyclic amines) is 1. The van der Waals surface area contributed by atoms with Gasteiger partial charge in [-0.15, -0.1) is 0 Å². The number of aromatic nitrogens is 2. The lowest BCUT2D eigenvalue weighted by atomic mass is 10.0. The van der Waals surface area contributed by atoms with Crippen molar-refractivity contribution in [2.45, 2.75) is 38.3 Å². The number of H-pyrrole nitrogens is 1. The van der Waals surface area contributed by atoms with Crippen LogP contribution in [0.2, 0.25) is 0 Å². The van der Waals surface area contributed by atoms with Crippen LogP contribution in [-0.4, -0.2) is 64.9 Å². The Bertz CT molecular complexity index is 1110. The van der Waals surface area contributed by atoms with Gasteiger partial charge < -0.3 is 25.3 Å². The maximum atomic E-state index is 14.8. The average molecular weight is 440 g/mol. The molecule has 1 amide bonds. The van der Waals surface area contributed by atoms with Crippen LogP contribution in [0, 0.1) is 12.7 Å². The minimum Gasteiger partial charge on any atom is -0.453 e. The first-order chi connectivity index (χ1) is 15.3. The van der Waals surface area contributed by atoms with Crippen LogP contribution in [0.4, 0.5) is 4.39 Å². The summed E-state index contributed by atoms with van der Waals surface area (Å²) in [7, 11) is 4.05. The van der Waals surface area contributed by atoms with Crippen molar-refractivity contribution in [1.82, 2.24) is 19.8 Å². The zero-order chi connectivity index (χ0) is 22.8. The van der Waals surface area contributed by atoms with E-state index in [1.165, 1.54) is 6.07 Å². The molecule has 0 unspecified atom stereocenters. The predicted molar refractivity (Wildman–Crippen MR) is 122 cm³/mol. The summed E-state index contributed by atoms with van der Waals surface area (Å²) in [6, 6.07) is 6.08. The molecule has 7 nitrogen and oxygen atoms in total. The van der Waals surface area contributed by atoms with E-state index in [2.05, 4.69) is 14.9 Å². The Labute approximate surface area is 187 Å². The van der Waals surface area contributed by atoms with Crippen molar-refractivity contribution < 1.29 is 13.9 Å². The number of aryl methyl sites for hydroxylation is 1. The van der Waals surface area contributed by atoms with Gasteiger partial charge in [-0.3, -0.25) is 4.79 Å². The zero-order valence-electron chi connectivity index (χ0n) is 18.8. The van der Waals surface area contributed by atoms with E-state index in [0.29, 0.717) is 29.5 Å². The lowest BCUT2D eigenvalue weighted by Crippen LogP contribution is -2.52. The van der Waals surface area contributed by atoms with Crippen molar-refractivity contribution >= 4 is 16.9 Å². The van der Waals surface area contributed by atoms with Crippen LogP contribution in [0.25, 0.3) is 11.0 Å². The van der Waals surface area contributed by atoms with Crippen LogP contribution in [0.15, 0.2) is 36.7 Å². The lowest BCUT2D eigenvalue weighted by molar-refractivity contribution is -0.134. The fourth-order valence-corrected chi connectivity index (χ4v) is 4.29. The third-order valence-corrected chi connectivity index (χ3v) is 6.16. The largest absolute Gasteiger partial charge is 0.453 e. The number of nitrogens with zero attached hydrogens (tertiary/aromatic N) is 3. The van der Waals surface area contributed by atoms with Gasteiger partial charge in [0.15, 0.2) is 11.6 Å². The normalized spacial score (nSPS) is 17.7. The molecule has 1 fully saturated rings. The number of ether oxygens (including phenoxy) is 1. The molecule has 1 aliphatic heterocycles. The van der Waals surface area contributed by atoms with Crippen LogP contribution < -0.4 is 10.5 Å². The highest BCUT2D eigenvalue weighted by Crippen LogP contribution is 2.32. The lowest BCUT2D eigenvalue weighted by Gasteiger charge is -2.37. The minimum atomic E-state index is -0.704. The summed E-state index contributed by atoms with van der Waals surface area (Å²) in [6.45, 7) is 3.34. The quantitative estimate of drug-likeness (QED) is 0.616. The number of nitrogens with two attached hydrogens (primary N) is 1. The number of hydrogen-bond donors (Lipinski definition) is 2. The van der Waals surface area contributed by atoms with Crippen molar-refractivity contribution in [3.8, 4) is 11.5 Å². The van der Waals surface area contributed by atoms with E-state index in [-0.39, 0.29) is 18.1 Å². The molecule has 1 aromatic carbocycles. The molecular formula is C24H30FN5O2. The van der Waals surface area contributed by atoms with Crippen molar-refractivity contribution in [2.75, 3.05) is 27.2 Å². The van der Waals surface area contributed by atoms with E-state index >= 15 is 0 Å². The van der Waals surface area contributed by atoms with E-state index in [4.69, 9.17) is 10.5 Å². The molecule has 1 aliphatic rings. The van der Waals surface area contributed by atoms with Crippen molar-refractivity contribution in [1.29, 1.82) is 0 Å². The second-order valence-corrected chi connectivity index (χ2v) is 8.73. The fraction of sp³-hybridized carbons (Fsp3) is 0.417. The number of carbonyl (C=O) groups is 1. The number of nitrogens with one attached hydrogen (secondary N) is 1. The number of likely N-dealkylation sites (N-methyl/N-ethyl adjacent to an activating group) is 1. The van der Waals surface area contributed by atoms with Crippen LogP contribution in [0.1, 0.15) is 24.0 Å². The maximum absolute atomic E-state index is 14.8. The third-order valence-electron chi connectivity index (χ3n) is 6.16. The molecule has 1 saturated heterocycles. The first-order valence-corrected chi connectivity index (χ1v) is 10.9. The first-order valence-electron chi connectivity index (χ1n) is 10.9. The van der Waals surface area contributed by atoms with Gasteiger partial charge in [0.05, 0.1) is 11.4 Å². The summed E-state index contributed by atoms with van der Waals surface area (Å²) in [6.07, 6.45) is 5.77. The molecule has 3 N–H and O–H groups in total. The second kappa shape index (κ2) is 9.26. The van der Waals surface area contributed by atoms with Gasteiger partial charge in [0.1, 0.15) is 11.4 Å². The molecule has 0 spiro atoms. The molecule has 8 heteroatoms. The molecule has 4 rings (SSSR count). The van der Waals surface area contributed by atoms with Crippen LogP contribution in [0.3, 0.4) is 0 Å². The Balaban J connectivity index is 1.44. The number of carbonyl (C=O) groups excluding carboxylic acids is 1. The molecule has 2 aromatic heterocycles. The van der Waals surface area contributed by atoms with Gasteiger partial charge >= 0.3 is 0 Å². The van der Waals surface area contributed by atoms with Gasteiger partial charge in [0.2, 0.25) is 5.91 Å². The Morgan fingerprint density at radius 3 is 2.94 bits per heavy atom. The number of fused-ring (bicyclic) bond motifs is 1. The van der Waals surface area contributed by atoms with E-state index in [0.717, 1.165) is 30.3 Å². The number of amides is 1. The maximum Gasteiger partial charge on any atom is 0.239 e. The molecule has 0 saturated carbocycles. The molecule has 0 aliphatic carbocycles. The standard InChI is InChI=1S/C24H30FN5O2/c1-15-13-28-23-22(15)21(8-9-27-23)32-20-7-6-16(11-18(20)25)12-19(26)24(31)30-10-4-5-17(14-30)29(2)3/h6-9,11,13,17,19H,4-5,10,12,14,26H2,1-3H3,(H,27,28)/t17-,19+/m1/s1. The molecule has 3 heterocycles. The Kier molecular flexibility index (Phi) is 6.43. The van der Waals surface area contributed by atoms with Gasteiger partial charge in [-0.05, 0) is 69.6 Å². The first kappa shape index (κ1) is 22.2. The Hall–Kier alpha value is -2.97. The number of hydrogen-bond acceptors (Lipinski definition) is 5. The zero-order valence-corrected chi connectivity index (χ0v) is 18.8. The van der Waals surface area contributed by atoms with Crippen LogP contribution in [0.5, 0.6) is 11.5 Å². The smallest absolute Gasteiger partial charge is 0.239 e. The van der Waals surface area contributed by atoms with Gasteiger partial charge in [-0.25, -0.2) is 9.37 Å². The van der Waals surface area contributed by atoms with E-state index in [9.17, 15) is 9.18 Å². The summed E-state index contributed by atoms with van der Waals surface area (Å²) in [4.78, 5) is 24.2. The SMILES string of the molecule is Cc1c[nH]c2nccc(Oc3ccc(C[C@H](N)C(=O)N4CCC[C@@H](N(C)C)C4)cc3F)c12. The molecule has 3 aromatic rings. The fourth-order valence-electron chi connectivity index (χ4n) is 4.29. The highest BCUT2D eigenvalue weighted by molar-refractivity contribution is 5.86. The molecular weight excluding hydrogens is 409 g/mol. The number of aromatic amines is 1. The second-order valence-electron chi connectivity index (χ2n) is 8.73. The molecule has 0 radical (unpaired) electrons. The molecule has 0 bridgehead atoms. The summed E-state index contributed by atoms with van der Waals surface area (Å²) in [5.41, 5.74) is 8.53. The molecule has 32 heavy (non-hydrogen) atoms. The Morgan fingerprint density at radius 2 is 2.19 bits per heavy atom. The van der Waals surface area contributed by atoms with Crippen molar-refractivity contribution in [3.63, 3.8) is 0 Å². The van der Waals surface area contributed by atoms with E-state index < -0.39 is 11.9 Å². The average Bonchev–Trinajstić information content (AvgIpc) is 3.17. The highest BCUT2D eigenvalue weighted by Gasteiger charge is 2.28. The van der Waals surface area contributed by atoms with Gasteiger partial charge in [0, 0.05) is 31.5 Å². The summed E-state index contributed by atoms with van der Waals surface area (Å²) in [5, 5.41) is 0.821. The van der Waals surface area contributed by atoms with Crippen molar-refractivity contribution in [3.05, 3.63) is 53.6 Å². The predicted octanol–water partition coefficient (Wildman–Crippen LogP) is 3.23. The van der Waals surface area contributed by atoms with E-state index in [1.807, 2.05) is 32.1 Å².